The highest BCUT2D eigenvalue weighted by molar-refractivity contribution is 5.90. The van der Waals surface area contributed by atoms with Crippen LogP contribution in [-0.4, -0.2) is 25.3 Å². The van der Waals surface area contributed by atoms with Crippen LogP contribution in [0.25, 0.3) is 11.3 Å². The molecule has 0 aliphatic rings. The number of carbonyl (C=O) groups is 1. The SMILES string of the molecule is COc1cc(OC)cc(C(=O)OCc2cc(-c3ccccc3)on2)c1. The number of ether oxygens (including phenoxy) is 3. The second-order valence-corrected chi connectivity index (χ2v) is 5.23. The van der Waals surface area contributed by atoms with Gasteiger partial charge in [-0.3, -0.25) is 0 Å². The number of aromatic nitrogens is 1. The van der Waals surface area contributed by atoms with Crippen molar-refractivity contribution in [2.24, 2.45) is 0 Å². The van der Waals surface area contributed by atoms with Crippen molar-refractivity contribution in [1.82, 2.24) is 5.16 Å². The van der Waals surface area contributed by atoms with Crippen molar-refractivity contribution in [2.75, 3.05) is 14.2 Å². The molecule has 1 aromatic heterocycles. The number of esters is 1. The highest BCUT2D eigenvalue weighted by Gasteiger charge is 2.13. The van der Waals surface area contributed by atoms with Gasteiger partial charge in [0.2, 0.25) is 0 Å². The zero-order valence-corrected chi connectivity index (χ0v) is 13.9. The normalized spacial score (nSPS) is 10.3. The third-order valence-electron chi connectivity index (χ3n) is 3.56. The van der Waals surface area contributed by atoms with Gasteiger partial charge in [-0.25, -0.2) is 4.79 Å². The van der Waals surface area contributed by atoms with Crippen LogP contribution >= 0.6 is 0 Å². The molecule has 0 aliphatic heterocycles. The van der Waals surface area contributed by atoms with E-state index in [9.17, 15) is 4.79 Å². The van der Waals surface area contributed by atoms with Crippen molar-refractivity contribution >= 4 is 5.97 Å². The van der Waals surface area contributed by atoms with E-state index in [1.54, 1.807) is 24.3 Å². The third-order valence-corrected chi connectivity index (χ3v) is 3.56. The van der Waals surface area contributed by atoms with E-state index in [0.29, 0.717) is 28.5 Å². The topological polar surface area (TPSA) is 70.8 Å². The first kappa shape index (κ1) is 16.6. The summed E-state index contributed by atoms with van der Waals surface area (Å²) in [5, 5.41) is 3.92. The molecule has 128 valence electrons. The minimum Gasteiger partial charge on any atom is -0.497 e. The quantitative estimate of drug-likeness (QED) is 0.638. The van der Waals surface area contributed by atoms with Gasteiger partial charge in [0.05, 0.1) is 19.8 Å². The molecule has 3 rings (SSSR count). The zero-order valence-electron chi connectivity index (χ0n) is 13.9. The fraction of sp³-hybridized carbons (Fsp3) is 0.158. The van der Waals surface area contributed by atoms with E-state index in [1.165, 1.54) is 14.2 Å². The maximum atomic E-state index is 12.2. The fourth-order valence-corrected chi connectivity index (χ4v) is 2.27. The largest absolute Gasteiger partial charge is 0.497 e. The molecular formula is C19H17NO5. The Hall–Kier alpha value is -3.28. The minimum absolute atomic E-state index is 0.00862. The molecule has 0 N–H and O–H groups in total. The summed E-state index contributed by atoms with van der Waals surface area (Å²) in [5.41, 5.74) is 1.77. The molecule has 25 heavy (non-hydrogen) atoms. The third kappa shape index (κ3) is 3.98. The molecule has 6 nitrogen and oxygen atoms in total. The lowest BCUT2D eigenvalue weighted by molar-refractivity contribution is 0.0463. The molecule has 0 amide bonds. The van der Waals surface area contributed by atoms with Crippen LogP contribution in [-0.2, 0) is 11.3 Å². The predicted molar refractivity (Wildman–Crippen MR) is 90.6 cm³/mol. The highest BCUT2D eigenvalue weighted by atomic mass is 16.5. The Morgan fingerprint density at radius 3 is 2.32 bits per heavy atom. The van der Waals surface area contributed by atoms with Gasteiger partial charge in [-0.05, 0) is 12.1 Å². The summed E-state index contributed by atoms with van der Waals surface area (Å²) in [5.74, 6) is 1.15. The maximum Gasteiger partial charge on any atom is 0.338 e. The van der Waals surface area contributed by atoms with Gasteiger partial charge in [0.25, 0.3) is 0 Å². The van der Waals surface area contributed by atoms with Crippen molar-refractivity contribution in [1.29, 1.82) is 0 Å². The molecule has 0 saturated carbocycles. The molecule has 0 aliphatic carbocycles. The number of hydrogen-bond acceptors (Lipinski definition) is 6. The highest BCUT2D eigenvalue weighted by Crippen LogP contribution is 2.24. The van der Waals surface area contributed by atoms with Crippen molar-refractivity contribution in [3.63, 3.8) is 0 Å². The summed E-state index contributed by atoms with van der Waals surface area (Å²) < 4.78 is 20.9. The van der Waals surface area contributed by atoms with Gasteiger partial charge in [0, 0.05) is 17.7 Å². The summed E-state index contributed by atoms with van der Waals surface area (Å²) in [6, 6.07) is 16.2. The van der Waals surface area contributed by atoms with Gasteiger partial charge in [-0.15, -0.1) is 0 Å². The average molecular weight is 339 g/mol. The van der Waals surface area contributed by atoms with Crippen LogP contribution in [0.3, 0.4) is 0 Å². The van der Waals surface area contributed by atoms with Crippen LogP contribution in [0.4, 0.5) is 0 Å². The summed E-state index contributed by atoms with van der Waals surface area (Å²) in [4.78, 5) is 12.2. The van der Waals surface area contributed by atoms with Crippen molar-refractivity contribution in [3.05, 3.63) is 65.9 Å². The summed E-state index contributed by atoms with van der Waals surface area (Å²) >= 11 is 0. The van der Waals surface area contributed by atoms with E-state index in [2.05, 4.69) is 5.16 Å². The van der Waals surface area contributed by atoms with Gasteiger partial charge in [0.1, 0.15) is 23.8 Å². The lowest BCUT2D eigenvalue weighted by Crippen LogP contribution is -2.06. The number of rotatable bonds is 6. The van der Waals surface area contributed by atoms with Gasteiger partial charge < -0.3 is 18.7 Å². The van der Waals surface area contributed by atoms with Gasteiger partial charge in [0.15, 0.2) is 5.76 Å². The predicted octanol–water partition coefficient (Wildman–Crippen LogP) is 3.72. The first-order valence-electron chi connectivity index (χ1n) is 7.61. The molecule has 0 bridgehead atoms. The molecule has 0 atom stereocenters. The molecular weight excluding hydrogens is 322 g/mol. The van der Waals surface area contributed by atoms with E-state index >= 15 is 0 Å². The van der Waals surface area contributed by atoms with E-state index in [-0.39, 0.29) is 6.61 Å². The Morgan fingerprint density at radius 2 is 1.68 bits per heavy atom. The minimum atomic E-state index is -0.499. The summed E-state index contributed by atoms with van der Waals surface area (Å²) in [6.45, 7) is 0.00862. The van der Waals surface area contributed by atoms with Crippen molar-refractivity contribution < 1.29 is 23.5 Å². The molecule has 2 aromatic carbocycles. The van der Waals surface area contributed by atoms with Gasteiger partial charge in [-0.2, -0.15) is 0 Å². The smallest absolute Gasteiger partial charge is 0.338 e. The van der Waals surface area contributed by atoms with Crippen LogP contribution in [0.2, 0.25) is 0 Å². The Balaban J connectivity index is 1.68. The number of benzene rings is 2. The molecule has 0 fully saturated rings. The first-order chi connectivity index (χ1) is 12.2. The van der Waals surface area contributed by atoms with Crippen LogP contribution < -0.4 is 9.47 Å². The monoisotopic (exact) mass is 339 g/mol. The number of hydrogen-bond donors (Lipinski definition) is 0. The van der Waals surface area contributed by atoms with Crippen molar-refractivity contribution in [2.45, 2.75) is 6.61 Å². The summed E-state index contributed by atoms with van der Waals surface area (Å²) in [7, 11) is 3.04. The number of carbonyl (C=O) groups excluding carboxylic acids is 1. The molecule has 6 heteroatoms. The van der Waals surface area contributed by atoms with E-state index in [1.807, 2.05) is 30.3 Å². The van der Waals surface area contributed by atoms with Crippen LogP contribution in [0.1, 0.15) is 16.1 Å². The van der Waals surface area contributed by atoms with Crippen LogP contribution in [0.5, 0.6) is 11.5 Å². The second-order valence-electron chi connectivity index (χ2n) is 5.23. The Labute approximate surface area is 144 Å². The lowest BCUT2D eigenvalue weighted by atomic mass is 10.2. The molecule has 0 spiro atoms. The van der Waals surface area contributed by atoms with Crippen LogP contribution in [0.15, 0.2) is 59.1 Å². The van der Waals surface area contributed by atoms with E-state index in [0.717, 1.165) is 5.56 Å². The Kier molecular flexibility index (Phi) is 4.99. The average Bonchev–Trinajstić information content (AvgIpc) is 3.15. The van der Waals surface area contributed by atoms with E-state index < -0.39 is 5.97 Å². The standard InChI is InChI=1S/C19H17NO5/c1-22-16-8-14(9-17(11-16)23-2)19(21)24-12-15-10-18(25-20-15)13-6-4-3-5-7-13/h3-11H,12H2,1-2H3. The van der Waals surface area contributed by atoms with Crippen LogP contribution in [0, 0.1) is 0 Å². The van der Waals surface area contributed by atoms with Crippen molar-refractivity contribution in [3.8, 4) is 22.8 Å². The summed E-state index contributed by atoms with van der Waals surface area (Å²) in [6.07, 6.45) is 0. The number of methoxy groups -OCH3 is 2. The molecule has 0 unspecified atom stereocenters. The zero-order chi connectivity index (χ0) is 17.6. The van der Waals surface area contributed by atoms with E-state index in [4.69, 9.17) is 18.7 Å². The Morgan fingerprint density at radius 1 is 1.00 bits per heavy atom. The molecule has 0 saturated heterocycles. The van der Waals surface area contributed by atoms with Gasteiger partial charge >= 0.3 is 5.97 Å². The van der Waals surface area contributed by atoms with Gasteiger partial charge in [-0.1, -0.05) is 35.5 Å². The molecule has 3 aromatic rings. The fourth-order valence-electron chi connectivity index (χ4n) is 2.27. The second kappa shape index (κ2) is 7.53. The maximum absolute atomic E-state index is 12.2. The Bertz CT molecular complexity index is 835. The lowest BCUT2D eigenvalue weighted by Gasteiger charge is -2.08. The first-order valence-corrected chi connectivity index (χ1v) is 7.61. The molecule has 1 heterocycles. The number of nitrogens with zero attached hydrogens (tertiary/aromatic N) is 1. The molecule has 0 radical (unpaired) electrons.